The fourth-order valence-corrected chi connectivity index (χ4v) is 2.85. The van der Waals surface area contributed by atoms with Crippen molar-refractivity contribution in [3.05, 3.63) is 34.3 Å². The third kappa shape index (κ3) is 4.04. The molecule has 20 heavy (non-hydrogen) atoms. The summed E-state index contributed by atoms with van der Waals surface area (Å²) in [5, 5.41) is 2.95. The number of carbonyl (C=O) groups is 1. The topological polar surface area (TPSA) is 47.6 Å². The van der Waals surface area contributed by atoms with E-state index in [1.165, 1.54) is 0 Å². The highest BCUT2D eigenvalue weighted by Gasteiger charge is 2.32. The highest BCUT2D eigenvalue weighted by atomic mass is 79.9. The van der Waals surface area contributed by atoms with Crippen molar-refractivity contribution in [1.82, 2.24) is 5.32 Å². The molecule has 1 heterocycles. The van der Waals surface area contributed by atoms with E-state index in [1.807, 2.05) is 25.1 Å². The van der Waals surface area contributed by atoms with Gasteiger partial charge in [0.2, 0.25) is 0 Å². The minimum absolute atomic E-state index is 0.0669. The number of carbonyl (C=O) groups excluding carboxylic acids is 1. The predicted molar refractivity (Wildman–Crippen MR) is 80.6 cm³/mol. The first kappa shape index (κ1) is 15.5. The monoisotopic (exact) mass is 341 g/mol. The molecule has 0 radical (unpaired) electrons. The minimum Gasteiger partial charge on any atom is -0.352 e. The van der Waals surface area contributed by atoms with Gasteiger partial charge in [-0.05, 0) is 40.9 Å². The van der Waals surface area contributed by atoms with Crippen LogP contribution in [-0.2, 0) is 9.47 Å². The Morgan fingerprint density at radius 2 is 2.05 bits per heavy atom. The van der Waals surface area contributed by atoms with Crippen LogP contribution in [-0.4, -0.2) is 31.5 Å². The molecule has 1 aliphatic rings. The zero-order valence-corrected chi connectivity index (χ0v) is 13.4. The Bertz CT molecular complexity index is 472. The number of benzene rings is 1. The summed E-state index contributed by atoms with van der Waals surface area (Å²) in [5.74, 6) is -0.287. The second-order valence-electron chi connectivity index (χ2n) is 5.33. The maximum Gasteiger partial charge on any atom is 0.252 e. The molecule has 1 aromatic carbocycles. The molecule has 1 saturated heterocycles. The van der Waals surface area contributed by atoms with Gasteiger partial charge < -0.3 is 14.8 Å². The molecule has 1 atom stereocenters. The molecule has 0 bridgehead atoms. The van der Waals surface area contributed by atoms with Gasteiger partial charge in [-0.2, -0.15) is 0 Å². The lowest BCUT2D eigenvalue weighted by Crippen LogP contribution is -2.34. The molecule has 1 amide bonds. The number of amides is 1. The summed E-state index contributed by atoms with van der Waals surface area (Å²) in [7, 11) is 0. The first-order chi connectivity index (χ1) is 9.50. The van der Waals surface area contributed by atoms with E-state index >= 15 is 0 Å². The summed E-state index contributed by atoms with van der Waals surface area (Å²) in [6.45, 7) is 5.92. The SMILES string of the molecule is C[C@H](CNC(=O)c1ccccc1Br)CC1(C)OCCO1. The van der Waals surface area contributed by atoms with Crippen molar-refractivity contribution in [1.29, 1.82) is 0 Å². The van der Waals surface area contributed by atoms with E-state index in [-0.39, 0.29) is 11.8 Å². The highest BCUT2D eigenvalue weighted by Crippen LogP contribution is 2.26. The lowest BCUT2D eigenvalue weighted by molar-refractivity contribution is -0.153. The smallest absolute Gasteiger partial charge is 0.252 e. The molecule has 0 aliphatic carbocycles. The zero-order chi connectivity index (χ0) is 14.6. The Hall–Kier alpha value is -0.910. The van der Waals surface area contributed by atoms with Gasteiger partial charge >= 0.3 is 0 Å². The molecule has 1 fully saturated rings. The van der Waals surface area contributed by atoms with E-state index in [2.05, 4.69) is 28.2 Å². The van der Waals surface area contributed by atoms with Crippen LogP contribution in [0.4, 0.5) is 0 Å². The molecule has 5 heteroatoms. The molecule has 1 N–H and O–H groups in total. The normalized spacial score (nSPS) is 18.8. The van der Waals surface area contributed by atoms with Gasteiger partial charge in [-0.3, -0.25) is 4.79 Å². The van der Waals surface area contributed by atoms with E-state index in [4.69, 9.17) is 9.47 Å². The van der Waals surface area contributed by atoms with Gasteiger partial charge in [-0.1, -0.05) is 19.1 Å². The Labute approximate surface area is 128 Å². The predicted octanol–water partition coefficient (Wildman–Crippen LogP) is 2.97. The standard InChI is InChI=1S/C15H20BrNO3/c1-11(9-15(2)19-7-8-20-15)10-17-14(18)12-5-3-4-6-13(12)16/h3-6,11H,7-10H2,1-2H3,(H,17,18)/t11-/m0/s1. The van der Waals surface area contributed by atoms with E-state index in [0.29, 0.717) is 25.3 Å². The highest BCUT2D eigenvalue weighted by molar-refractivity contribution is 9.10. The third-order valence-corrected chi connectivity index (χ3v) is 4.04. The van der Waals surface area contributed by atoms with Crippen LogP contribution in [0.3, 0.4) is 0 Å². The van der Waals surface area contributed by atoms with Crippen molar-refractivity contribution in [2.45, 2.75) is 26.1 Å². The maximum absolute atomic E-state index is 12.1. The molecular formula is C15H20BrNO3. The number of halogens is 1. The Kier molecular flexibility index (Phi) is 5.18. The van der Waals surface area contributed by atoms with Crippen LogP contribution >= 0.6 is 15.9 Å². The quantitative estimate of drug-likeness (QED) is 0.895. The summed E-state index contributed by atoms with van der Waals surface area (Å²) in [6, 6.07) is 7.40. The number of ether oxygens (including phenoxy) is 2. The molecule has 0 aromatic heterocycles. The van der Waals surface area contributed by atoms with Gasteiger partial charge in [0, 0.05) is 17.4 Å². The van der Waals surface area contributed by atoms with Crippen LogP contribution in [0.1, 0.15) is 30.6 Å². The second kappa shape index (κ2) is 6.70. The Balaban J connectivity index is 1.83. The van der Waals surface area contributed by atoms with Crippen molar-refractivity contribution < 1.29 is 14.3 Å². The largest absolute Gasteiger partial charge is 0.352 e. The summed E-state index contributed by atoms with van der Waals surface area (Å²) in [6.07, 6.45) is 0.767. The Morgan fingerprint density at radius 3 is 2.70 bits per heavy atom. The van der Waals surface area contributed by atoms with Gasteiger partial charge in [0.05, 0.1) is 18.8 Å². The van der Waals surface area contributed by atoms with E-state index in [0.717, 1.165) is 10.9 Å². The van der Waals surface area contributed by atoms with E-state index < -0.39 is 5.79 Å². The van der Waals surface area contributed by atoms with Crippen LogP contribution < -0.4 is 5.32 Å². The molecular weight excluding hydrogens is 322 g/mol. The summed E-state index contributed by atoms with van der Waals surface area (Å²) >= 11 is 3.38. The van der Waals surface area contributed by atoms with Crippen LogP contribution in [0.5, 0.6) is 0 Å². The summed E-state index contributed by atoms with van der Waals surface area (Å²) in [5.41, 5.74) is 0.652. The zero-order valence-electron chi connectivity index (χ0n) is 11.8. The fourth-order valence-electron chi connectivity index (χ4n) is 2.39. The number of hydrogen-bond acceptors (Lipinski definition) is 3. The van der Waals surface area contributed by atoms with Gasteiger partial charge in [0.15, 0.2) is 5.79 Å². The van der Waals surface area contributed by atoms with Crippen molar-refractivity contribution in [3.63, 3.8) is 0 Å². The lowest BCUT2D eigenvalue weighted by atomic mass is 10.0. The first-order valence-electron chi connectivity index (χ1n) is 6.81. The van der Waals surface area contributed by atoms with Crippen molar-refractivity contribution >= 4 is 21.8 Å². The van der Waals surface area contributed by atoms with Crippen LogP contribution in [0.2, 0.25) is 0 Å². The molecule has 0 spiro atoms. The molecule has 110 valence electrons. The number of rotatable bonds is 5. The number of hydrogen-bond donors (Lipinski definition) is 1. The molecule has 1 aliphatic heterocycles. The van der Waals surface area contributed by atoms with Crippen LogP contribution in [0, 0.1) is 5.92 Å². The van der Waals surface area contributed by atoms with Gasteiger partial charge in [-0.25, -0.2) is 0 Å². The van der Waals surface area contributed by atoms with Crippen molar-refractivity contribution in [2.75, 3.05) is 19.8 Å². The fraction of sp³-hybridized carbons (Fsp3) is 0.533. The average Bonchev–Trinajstić information content (AvgIpc) is 2.83. The van der Waals surface area contributed by atoms with Crippen LogP contribution in [0.15, 0.2) is 28.7 Å². The van der Waals surface area contributed by atoms with E-state index in [1.54, 1.807) is 6.07 Å². The number of nitrogens with one attached hydrogen (secondary N) is 1. The molecule has 2 rings (SSSR count). The minimum atomic E-state index is -0.503. The summed E-state index contributed by atoms with van der Waals surface area (Å²) in [4.78, 5) is 12.1. The van der Waals surface area contributed by atoms with Gasteiger partial charge in [0.1, 0.15) is 0 Å². The first-order valence-corrected chi connectivity index (χ1v) is 7.60. The molecule has 0 saturated carbocycles. The van der Waals surface area contributed by atoms with Crippen LogP contribution in [0.25, 0.3) is 0 Å². The molecule has 4 nitrogen and oxygen atoms in total. The second-order valence-corrected chi connectivity index (χ2v) is 6.18. The average molecular weight is 342 g/mol. The summed E-state index contributed by atoms with van der Waals surface area (Å²) < 4.78 is 12.0. The maximum atomic E-state index is 12.1. The molecule has 0 unspecified atom stereocenters. The van der Waals surface area contributed by atoms with Crippen molar-refractivity contribution in [3.8, 4) is 0 Å². The Morgan fingerprint density at radius 1 is 1.40 bits per heavy atom. The third-order valence-electron chi connectivity index (χ3n) is 3.35. The lowest BCUT2D eigenvalue weighted by Gasteiger charge is -2.26. The van der Waals surface area contributed by atoms with Gasteiger partial charge in [0.25, 0.3) is 5.91 Å². The van der Waals surface area contributed by atoms with E-state index in [9.17, 15) is 4.79 Å². The molecule has 1 aromatic rings. The van der Waals surface area contributed by atoms with Gasteiger partial charge in [-0.15, -0.1) is 0 Å². The van der Waals surface area contributed by atoms with Crippen molar-refractivity contribution in [2.24, 2.45) is 5.92 Å².